The quantitative estimate of drug-likeness (QED) is 0.486. The largest absolute Gasteiger partial charge is 0.384 e. The zero-order chi connectivity index (χ0) is 9.14. The lowest BCUT2D eigenvalue weighted by molar-refractivity contribution is 0.0992. The van der Waals surface area contributed by atoms with Crippen LogP contribution in [0, 0.1) is 5.41 Å². The van der Waals surface area contributed by atoms with Gasteiger partial charge in [0.1, 0.15) is 5.84 Å². The molecule has 1 aromatic carbocycles. The SMILES string of the molecule is [NH]C(=O)c1ccc(C(=N)N)cc1. The van der Waals surface area contributed by atoms with Gasteiger partial charge in [-0.3, -0.25) is 15.9 Å². The van der Waals surface area contributed by atoms with Gasteiger partial charge in [0.25, 0.3) is 5.91 Å². The van der Waals surface area contributed by atoms with Crippen molar-refractivity contribution in [1.82, 2.24) is 5.73 Å². The van der Waals surface area contributed by atoms with Crippen LogP contribution < -0.4 is 11.5 Å². The van der Waals surface area contributed by atoms with Crippen LogP contribution in [-0.4, -0.2) is 11.7 Å². The van der Waals surface area contributed by atoms with Crippen molar-refractivity contribution in [3.05, 3.63) is 35.4 Å². The van der Waals surface area contributed by atoms with Gasteiger partial charge in [-0.1, -0.05) is 12.1 Å². The van der Waals surface area contributed by atoms with Crippen molar-refractivity contribution >= 4 is 11.7 Å². The van der Waals surface area contributed by atoms with Crippen LogP contribution in [0.5, 0.6) is 0 Å². The molecule has 0 saturated heterocycles. The summed E-state index contributed by atoms with van der Waals surface area (Å²) in [6, 6.07) is 6.05. The fourth-order valence-corrected chi connectivity index (χ4v) is 0.801. The monoisotopic (exact) mass is 162 g/mol. The van der Waals surface area contributed by atoms with Crippen LogP contribution in [0.2, 0.25) is 0 Å². The van der Waals surface area contributed by atoms with E-state index in [-0.39, 0.29) is 5.84 Å². The summed E-state index contributed by atoms with van der Waals surface area (Å²) in [7, 11) is 0. The second kappa shape index (κ2) is 3.04. The molecule has 0 unspecified atom stereocenters. The zero-order valence-electron chi connectivity index (χ0n) is 6.29. The Balaban J connectivity index is 3.01. The molecule has 1 amide bonds. The van der Waals surface area contributed by atoms with E-state index in [1.807, 2.05) is 0 Å². The van der Waals surface area contributed by atoms with E-state index in [0.717, 1.165) is 0 Å². The van der Waals surface area contributed by atoms with Crippen LogP contribution in [0.25, 0.3) is 0 Å². The average molecular weight is 162 g/mol. The summed E-state index contributed by atoms with van der Waals surface area (Å²) in [5.41, 5.74) is 12.8. The lowest BCUT2D eigenvalue weighted by atomic mass is 10.1. The van der Waals surface area contributed by atoms with E-state index in [1.54, 1.807) is 12.1 Å². The fraction of sp³-hybridized carbons (Fsp3) is 0. The van der Waals surface area contributed by atoms with Gasteiger partial charge in [0.05, 0.1) is 0 Å². The molecule has 1 radical (unpaired) electrons. The highest BCUT2D eigenvalue weighted by molar-refractivity contribution is 5.97. The number of benzene rings is 1. The Kier molecular flexibility index (Phi) is 2.09. The van der Waals surface area contributed by atoms with Gasteiger partial charge in [0.2, 0.25) is 0 Å². The van der Waals surface area contributed by atoms with Crippen molar-refractivity contribution in [1.29, 1.82) is 5.41 Å². The van der Waals surface area contributed by atoms with E-state index < -0.39 is 5.91 Å². The second-order valence-corrected chi connectivity index (χ2v) is 2.32. The Bertz CT molecular complexity index is 283. The molecule has 12 heavy (non-hydrogen) atoms. The standard InChI is InChI=1S/C8H8N3O/c9-7(10)5-1-3-6(4-2-5)8(11)12/h1-4,11H,(H3,9,10). The summed E-state index contributed by atoms with van der Waals surface area (Å²) in [6.07, 6.45) is 0. The number of nitrogens with one attached hydrogen (secondary N) is 2. The number of hydrogen-bond acceptors (Lipinski definition) is 2. The Labute approximate surface area is 69.7 Å². The first kappa shape index (κ1) is 8.26. The van der Waals surface area contributed by atoms with Crippen LogP contribution in [0.3, 0.4) is 0 Å². The maximum Gasteiger partial charge on any atom is 0.269 e. The zero-order valence-corrected chi connectivity index (χ0v) is 6.29. The van der Waals surface area contributed by atoms with Crippen molar-refractivity contribution < 1.29 is 4.79 Å². The minimum atomic E-state index is -0.731. The van der Waals surface area contributed by atoms with Crippen molar-refractivity contribution in [3.8, 4) is 0 Å². The van der Waals surface area contributed by atoms with Gasteiger partial charge in [0, 0.05) is 11.1 Å². The average Bonchev–Trinajstić information content (AvgIpc) is 2.04. The molecule has 0 aliphatic rings. The summed E-state index contributed by atoms with van der Waals surface area (Å²) in [4.78, 5) is 10.5. The predicted molar refractivity (Wildman–Crippen MR) is 44.9 cm³/mol. The molecule has 0 saturated carbocycles. The van der Waals surface area contributed by atoms with E-state index >= 15 is 0 Å². The van der Waals surface area contributed by atoms with E-state index in [9.17, 15) is 4.79 Å². The van der Waals surface area contributed by atoms with E-state index in [0.29, 0.717) is 11.1 Å². The normalized spacial score (nSPS) is 9.33. The number of hydrogen-bond donors (Lipinski definition) is 2. The molecule has 1 aromatic rings. The third-order valence-corrected chi connectivity index (χ3v) is 1.46. The highest BCUT2D eigenvalue weighted by Crippen LogP contribution is 2.02. The summed E-state index contributed by atoms with van der Waals surface area (Å²) >= 11 is 0. The molecule has 0 heterocycles. The first-order valence-electron chi connectivity index (χ1n) is 3.31. The molecule has 4 nitrogen and oxygen atoms in total. The highest BCUT2D eigenvalue weighted by Gasteiger charge is 2.00. The van der Waals surface area contributed by atoms with Gasteiger partial charge in [-0.2, -0.15) is 0 Å². The number of nitrogens with two attached hydrogens (primary N) is 1. The molecule has 0 atom stereocenters. The minimum Gasteiger partial charge on any atom is -0.384 e. The van der Waals surface area contributed by atoms with Crippen LogP contribution in [0.1, 0.15) is 15.9 Å². The van der Waals surface area contributed by atoms with Crippen molar-refractivity contribution in [2.75, 3.05) is 0 Å². The predicted octanol–water partition coefficient (Wildman–Crippen LogP) is 0.394. The van der Waals surface area contributed by atoms with Crippen molar-refractivity contribution in [2.45, 2.75) is 0 Å². The van der Waals surface area contributed by atoms with Gasteiger partial charge in [-0.15, -0.1) is 0 Å². The number of amidine groups is 1. The Morgan fingerprint density at radius 3 is 1.92 bits per heavy atom. The molecule has 4 heteroatoms. The van der Waals surface area contributed by atoms with Crippen LogP contribution in [0.4, 0.5) is 0 Å². The third kappa shape index (κ3) is 1.60. The van der Waals surface area contributed by atoms with Crippen molar-refractivity contribution in [3.63, 3.8) is 0 Å². The molecular weight excluding hydrogens is 154 g/mol. The number of carbonyl (C=O) groups is 1. The number of rotatable bonds is 2. The van der Waals surface area contributed by atoms with Gasteiger partial charge >= 0.3 is 0 Å². The minimum absolute atomic E-state index is 0.0426. The van der Waals surface area contributed by atoms with Crippen LogP contribution >= 0.6 is 0 Å². The number of nitrogen functional groups attached to an aromatic ring is 1. The molecule has 61 valence electrons. The summed E-state index contributed by atoms with van der Waals surface area (Å²) in [6.45, 7) is 0. The third-order valence-electron chi connectivity index (χ3n) is 1.46. The lowest BCUT2D eigenvalue weighted by Gasteiger charge is -1.97. The molecular formula is C8H8N3O. The highest BCUT2D eigenvalue weighted by atomic mass is 16.1. The van der Waals surface area contributed by atoms with E-state index in [1.165, 1.54) is 12.1 Å². The van der Waals surface area contributed by atoms with Crippen molar-refractivity contribution in [2.24, 2.45) is 5.73 Å². The summed E-state index contributed by atoms with van der Waals surface area (Å²) in [5, 5.41) is 7.06. The van der Waals surface area contributed by atoms with Crippen LogP contribution in [0.15, 0.2) is 24.3 Å². The maximum absolute atomic E-state index is 10.5. The molecule has 0 aliphatic heterocycles. The maximum atomic E-state index is 10.5. The van der Waals surface area contributed by atoms with Gasteiger partial charge in [-0.05, 0) is 12.1 Å². The van der Waals surface area contributed by atoms with Gasteiger partial charge in [0.15, 0.2) is 0 Å². The van der Waals surface area contributed by atoms with E-state index in [4.69, 9.17) is 16.9 Å². The van der Waals surface area contributed by atoms with Crippen LogP contribution in [-0.2, 0) is 0 Å². The second-order valence-electron chi connectivity index (χ2n) is 2.32. The molecule has 4 N–H and O–H groups in total. The lowest BCUT2D eigenvalue weighted by Crippen LogP contribution is -2.11. The number of amides is 1. The molecule has 0 fully saturated rings. The fourth-order valence-electron chi connectivity index (χ4n) is 0.801. The van der Waals surface area contributed by atoms with Gasteiger partial charge < -0.3 is 5.73 Å². The van der Waals surface area contributed by atoms with Gasteiger partial charge in [-0.25, -0.2) is 0 Å². The molecule has 0 aliphatic carbocycles. The Morgan fingerprint density at radius 2 is 1.58 bits per heavy atom. The summed E-state index contributed by atoms with van der Waals surface area (Å²) < 4.78 is 0. The Morgan fingerprint density at radius 1 is 1.17 bits per heavy atom. The first-order valence-corrected chi connectivity index (χ1v) is 3.31. The topological polar surface area (TPSA) is 90.7 Å². The molecule has 1 rings (SSSR count). The number of carbonyl (C=O) groups excluding carboxylic acids is 1. The van der Waals surface area contributed by atoms with E-state index in [2.05, 4.69) is 0 Å². The molecule has 0 spiro atoms. The summed E-state index contributed by atoms with van der Waals surface area (Å²) in [5.74, 6) is -0.774. The molecule has 0 bridgehead atoms. The smallest absolute Gasteiger partial charge is 0.269 e. The molecule has 0 aromatic heterocycles. The first-order chi connectivity index (χ1) is 5.61. The Hall–Kier alpha value is -1.84.